The molecule has 5 rings (SSSR count). The summed E-state index contributed by atoms with van der Waals surface area (Å²) in [5.41, 5.74) is 10.0. The molecule has 1 aliphatic rings. The van der Waals surface area contributed by atoms with Crippen molar-refractivity contribution in [1.29, 1.82) is 0 Å². The lowest BCUT2D eigenvalue weighted by Gasteiger charge is -2.17. The molecule has 3 aromatic heterocycles. The molecule has 142 valence electrons. The van der Waals surface area contributed by atoms with E-state index in [1.54, 1.807) is 23.9 Å². The minimum absolute atomic E-state index is 0.0757. The topological polar surface area (TPSA) is 98.7 Å². The number of hydrogen-bond acceptors (Lipinski definition) is 6. The maximum atomic E-state index is 12.3. The number of nitrogens with zero attached hydrogens (tertiary/aromatic N) is 4. The second-order valence-corrected chi connectivity index (χ2v) is 8.47. The molecule has 1 aliphatic carbocycles. The van der Waals surface area contributed by atoms with Crippen LogP contribution in [0.25, 0.3) is 32.0 Å². The molecular formula is C20H20N6OS. The van der Waals surface area contributed by atoms with Gasteiger partial charge in [0.1, 0.15) is 20.9 Å². The van der Waals surface area contributed by atoms with Gasteiger partial charge >= 0.3 is 0 Å². The molecular weight excluding hydrogens is 372 g/mol. The van der Waals surface area contributed by atoms with Crippen molar-refractivity contribution in [2.45, 2.75) is 31.3 Å². The van der Waals surface area contributed by atoms with Gasteiger partial charge in [0.15, 0.2) is 0 Å². The van der Waals surface area contributed by atoms with E-state index in [9.17, 15) is 4.79 Å². The SMILES string of the molecule is C[C@H](NC(=O)C1(N)CC1)c1cccc(-c2nc3c(ncc4ncn(C)c43)s2)c1. The third-order valence-corrected chi connectivity index (χ3v) is 6.34. The maximum Gasteiger partial charge on any atom is 0.240 e. The molecule has 3 heterocycles. The van der Waals surface area contributed by atoms with Gasteiger partial charge < -0.3 is 15.6 Å². The highest BCUT2D eigenvalue weighted by molar-refractivity contribution is 7.21. The minimum Gasteiger partial charge on any atom is -0.348 e. The van der Waals surface area contributed by atoms with Crippen LogP contribution in [0.2, 0.25) is 0 Å². The number of imidazole rings is 1. The van der Waals surface area contributed by atoms with Crippen LogP contribution in [-0.2, 0) is 11.8 Å². The fourth-order valence-corrected chi connectivity index (χ4v) is 4.26. The third-order valence-electron chi connectivity index (χ3n) is 5.33. The van der Waals surface area contributed by atoms with Crippen molar-refractivity contribution < 1.29 is 4.79 Å². The number of thiazole rings is 1. The van der Waals surface area contributed by atoms with Gasteiger partial charge in [0.25, 0.3) is 0 Å². The van der Waals surface area contributed by atoms with Gasteiger partial charge in [-0.3, -0.25) is 4.79 Å². The molecule has 7 nitrogen and oxygen atoms in total. The van der Waals surface area contributed by atoms with Gasteiger partial charge in [-0.05, 0) is 31.4 Å². The minimum atomic E-state index is -0.668. The molecule has 1 atom stereocenters. The number of hydrogen-bond donors (Lipinski definition) is 2. The number of nitrogens with two attached hydrogens (primary N) is 1. The zero-order chi connectivity index (χ0) is 19.5. The standard InChI is InChI=1S/C20H20N6OS/c1-11(24-19(27)20(21)6-7-20)12-4-3-5-13(8-12)17-25-15-16-14(23-10-26(16)2)9-22-18(15)28-17/h3-5,8-11H,6-7,21H2,1-2H3,(H,24,27)/t11-/m0/s1. The first-order valence-corrected chi connectivity index (χ1v) is 10.0. The number of nitrogens with one attached hydrogen (secondary N) is 1. The summed E-state index contributed by atoms with van der Waals surface area (Å²) in [5, 5.41) is 3.92. The number of benzene rings is 1. The molecule has 1 amide bonds. The molecule has 1 aromatic carbocycles. The molecule has 0 radical (unpaired) electrons. The molecule has 3 N–H and O–H groups in total. The summed E-state index contributed by atoms with van der Waals surface area (Å²) in [7, 11) is 1.96. The van der Waals surface area contributed by atoms with E-state index < -0.39 is 5.54 Å². The highest BCUT2D eigenvalue weighted by Crippen LogP contribution is 2.35. The van der Waals surface area contributed by atoms with E-state index in [0.717, 1.165) is 50.4 Å². The van der Waals surface area contributed by atoms with Gasteiger partial charge in [0.05, 0.1) is 29.6 Å². The molecule has 0 spiro atoms. The molecule has 0 saturated heterocycles. The first-order chi connectivity index (χ1) is 13.4. The van der Waals surface area contributed by atoms with Crippen LogP contribution in [0, 0.1) is 0 Å². The summed E-state index contributed by atoms with van der Waals surface area (Å²) >= 11 is 1.56. The zero-order valence-electron chi connectivity index (χ0n) is 15.6. The average Bonchev–Trinajstić information content (AvgIpc) is 3.13. The quantitative estimate of drug-likeness (QED) is 0.556. The van der Waals surface area contributed by atoms with E-state index in [1.807, 2.05) is 36.7 Å². The Labute approximate surface area is 165 Å². The van der Waals surface area contributed by atoms with Gasteiger partial charge in [0, 0.05) is 12.6 Å². The van der Waals surface area contributed by atoms with Crippen molar-refractivity contribution in [2.75, 3.05) is 0 Å². The smallest absolute Gasteiger partial charge is 0.240 e. The average molecular weight is 392 g/mol. The Morgan fingerprint density at radius 3 is 2.96 bits per heavy atom. The second kappa shape index (κ2) is 6.08. The van der Waals surface area contributed by atoms with Crippen LogP contribution >= 0.6 is 11.3 Å². The van der Waals surface area contributed by atoms with Crippen molar-refractivity contribution in [3.63, 3.8) is 0 Å². The van der Waals surface area contributed by atoms with E-state index in [2.05, 4.69) is 21.4 Å². The highest BCUT2D eigenvalue weighted by Gasteiger charge is 2.46. The number of carbonyl (C=O) groups is 1. The maximum absolute atomic E-state index is 12.3. The number of carbonyl (C=O) groups excluding carboxylic acids is 1. The number of pyridine rings is 1. The number of fused-ring (bicyclic) bond motifs is 3. The van der Waals surface area contributed by atoms with E-state index in [-0.39, 0.29) is 11.9 Å². The van der Waals surface area contributed by atoms with Crippen molar-refractivity contribution in [1.82, 2.24) is 24.8 Å². The van der Waals surface area contributed by atoms with Crippen LogP contribution in [0.4, 0.5) is 0 Å². The Bertz CT molecular complexity index is 1220. The Balaban J connectivity index is 1.50. The van der Waals surface area contributed by atoms with Gasteiger partial charge in [-0.1, -0.05) is 29.5 Å². The summed E-state index contributed by atoms with van der Waals surface area (Å²) in [6, 6.07) is 7.97. The van der Waals surface area contributed by atoms with Crippen LogP contribution in [-0.4, -0.2) is 31.0 Å². The Morgan fingerprint density at radius 1 is 1.36 bits per heavy atom. The molecule has 1 saturated carbocycles. The fraction of sp³-hybridized carbons (Fsp3) is 0.300. The fourth-order valence-electron chi connectivity index (χ4n) is 3.35. The van der Waals surface area contributed by atoms with Crippen LogP contribution in [0.1, 0.15) is 31.4 Å². The molecule has 8 heteroatoms. The number of amides is 1. The van der Waals surface area contributed by atoms with Gasteiger partial charge in [-0.25, -0.2) is 15.0 Å². The van der Waals surface area contributed by atoms with Crippen molar-refractivity contribution in [3.05, 3.63) is 42.4 Å². The highest BCUT2D eigenvalue weighted by atomic mass is 32.1. The Kier molecular flexibility index (Phi) is 3.75. The van der Waals surface area contributed by atoms with Crippen LogP contribution in [0.5, 0.6) is 0 Å². The molecule has 1 fully saturated rings. The number of aryl methyl sites for hydroxylation is 1. The lowest BCUT2D eigenvalue weighted by Crippen LogP contribution is -2.43. The van der Waals surface area contributed by atoms with Crippen molar-refractivity contribution in [2.24, 2.45) is 12.8 Å². The summed E-state index contributed by atoms with van der Waals surface area (Å²) in [6.45, 7) is 1.97. The number of aromatic nitrogens is 4. The van der Waals surface area contributed by atoms with Gasteiger partial charge in [-0.15, -0.1) is 0 Å². The van der Waals surface area contributed by atoms with E-state index in [0.29, 0.717) is 0 Å². The monoisotopic (exact) mass is 392 g/mol. The molecule has 0 unspecified atom stereocenters. The van der Waals surface area contributed by atoms with Crippen LogP contribution < -0.4 is 11.1 Å². The summed E-state index contributed by atoms with van der Waals surface area (Å²) in [4.78, 5) is 26.8. The predicted molar refractivity (Wildman–Crippen MR) is 110 cm³/mol. The molecule has 4 aromatic rings. The summed E-state index contributed by atoms with van der Waals surface area (Å²) in [6.07, 6.45) is 5.08. The van der Waals surface area contributed by atoms with Crippen LogP contribution in [0.3, 0.4) is 0 Å². The molecule has 0 aliphatic heterocycles. The summed E-state index contributed by atoms with van der Waals surface area (Å²) in [5.74, 6) is -0.0757. The largest absolute Gasteiger partial charge is 0.348 e. The first kappa shape index (κ1) is 17.3. The van der Waals surface area contributed by atoms with E-state index >= 15 is 0 Å². The van der Waals surface area contributed by atoms with E-state index in [4.69, 9.17) is 10.7 Å². The van der Waals surface area contributed by atoms with Crippen molar-refractivity contribution >= 4 is 38.6 Å². The summed E-state index contributed by atoms with van der Waals surface area (Å²) < 4.78 is 1.97. The second-order valence-electron chi connectivity index (χ2n) is 7.50. The molecule has 28 heavy (non-hydrogen) atoms. The van der Waals surface area contributed by atoms with E-state index in [1.165, 1.54) is 0 Å². The normalized spacial score (nSPS) is 16.4. The van der Waals surface area contributed by atoms with Crippen LogP contribution in [0.15, 0.2) is 36.8 Å². The number of rotatable bonds is 4. The Morgan fingerprint density at radius 2 is 2.18 bits per heavy atom. The van der Waals surface area contributed by atoms with Gasteiger partial charge in [0.2, 0.25) is 5.91 Å². The molecule has 0 bridgehead atoms. The lowest BCUT2D eigenvalue weighted by molar-refractivity contribution is -0.123. The predicted octanol–water partition coefficient (Wildman–Crippen LogP) is 2.91. The Hall–Kier alpha value is -2.84. The van der Waals surface area contributed by atoms with Gasteiger partial charge in [-0.2, -0.15) is 0 Å². The van der Waals surface area contributed by atoms with Crippen molar-refractivity contribution in [3.8, 4) is 10.6 Å². The lowest BCUT2D eigenvalue weighted by atomic mass is 10.0. The third kappa shape index (κ3) is 2.76. The first-order valence-electron chi connectivity index (χ1n) is 9.21. The zero-order valence-corrected chi connectivity index (χ0v) is 16.5.